The first-order valence-corrected chi connectivity index (χ1v) is 3.87. The fourth-order valence-electron chi connectivity index (χ4n) is 0.887. The van der Waals surface area contributed by atoms with Crippen molar-refractivity contribution in [1.82, 2.24) is 10.3 Å². The minimum Gasteiger partial charge on any atom is -0.395 e. The van der Waals surface area contributed by atoms with E-state index < -0.39 is 10.8 Å². The van der Waals surface area contributed by atoms with E-state index in [-0.39, 0.29) is 24.7 Å². The molecule has 76 valence electrons. The van der Waals surface area contributed by atoms with Crippen LogP contribution in [-0.4, -0.2) is 34.1 Å². The molecule has 0 aliphatic heterocycles. The zero-order valence-corrected chi connectivity index (χ0v) is 7.19. The maximum Gasteiger partial charge on any atom is 0.321 e. The Morgan fingerprint density at radius 3 is 2.86 bits per heavy atom. The molecule has 0 saturated carbocycles. The normalized spacial score (nSPS) is 9.79. The first-order chi connectivity index (χ1) is 6.65. The average molecular weight is 199 g/mol. The first kappa shape index (κ1) is 10.2. The maximum atomic E-state index is 11.2. The number of aliphatic hydroxyl groups is 1. The highest BCUT2D eigenvalue weighted by Crippen LogP contribution is 2.09. The number of aromatic amines is 1. The van der Waals surface area contributed by atoms with E-state index in [2.05, 4.69) is 10.3 Å². The van der Waals surface area contributed by atoms with E-state index in [0.29, 0.717) is 0 Å². The number of carbonyl (C=O) groups is 1. The molecule has 0 fully saturated rings. The predicted molar refractivity (Wildman–Crippen MR) is 46.9 cm³/mol. The zero-order chi connectivity index (χ0) is 10.6. The number of nitrogens with zero attached hydrogens (tertiary/aromatic N) is 1. The largest absolute Gasteiger partial charge is 0.395 e. The van der Waals surface area contributed by atoms with Crippen molar-refractivity contribution in [2.24, 2.45) is 0 Å². The molecule has 14 heavy (non-hydrogen) atoms. The lowest BCUT2D eigenvalue weighted by Gasteiger charge is -1.97. The summed E-state index contributed by atoms with van der Waals surface area (Å²) in [6.45, 7) is -0.0554. The van der Waals surface area contributed by atoms with Crippen LogP contribution in [0.2, 0.25) is 0 Å². The van der Waals surface area contributed by atoms with Crippen LogP contribution in [-0.2, 0) is 0 Å². The van der Waals surface area contributed by atoms with Gasteiger partial charge < -0.3 is 20.5 Å². The van der Waals surface area contributed by atoms with Gasteiger partial charge in [0.05, 0.1) is 6.61 Å². The number of nitro groups is 1. The van der Waals surface area contributed by atoms with Gasteiger partial charge in [-0.15, -0.1) is 0 Å². The van der Waals surface area contributed by atoms with Crippen LogP contribution in [0.4, 0.5) is 5.82 Å². The SMILES string of the molecule is O=C(NCCO)c1ccc([N+](=O)[O-])[nH]1. The highest BCUT2D eigenvalue weighted by molar-refractivity contribution is 5.92. The Balaban J connectivity index is 2.66. The lowest BCUT2D eigenvalue weighted by Crippen LogP contribution is -2.26. The van der Waals surface area contributed by atoms with E-state index in [1.54, 1.807) is 0 Å². The van der Waals surface area contributed by atoms with Crippen LogP contribution in [0.15, 0.2) is 12.1 Å². The van der Waals surface area contributed by atoms with Crippen molar-refractivity contribution in [1.29, 1.82) is 0 Å². The van der Waals surface area contributed by atoms with Crippen LogP contribution in [0, 0.1) is 10.1 Å². The van der Waals surface area contributed by atoms with Gasteiger partial charge in [0.1, 0.15) is 0 Å². The Kier molecular flexibility index (Phi) is 3.19. The summed E-state index contributed by atoms with van der Waals surface area (Å²) >= 11 is 0. The van der Waals surface area contributed by atoms with Gasteiger partial charge in [-0.05, 0) is 11.0 Å². The lowest BCUT2D eigenvalue weighted by atomic mass is 10.4. The number of H-pyrrole nitrogens is 1. The highest BCUT2D eigenvalue weighted by atomic mass is 16.6. The molecular formula is C7H9N3O4. The second-order valence-corrected chi connectivity index (χ2v) is 2.49. The number of aromatic nitrogens is 1. The molecule has 7 heteroatoms. The molecule has 1 aromatic heterocycles. The Morgan fingerprint density at radius 1 is 1.64 bits per heavy atom. The maximum absolute atomic E-state index is 11.2. The molecular weight excluding hydrogens is 190 g/mol. The third kappa shape index (κ3) is 2.30. The van der Waals surface area contributed by atoms with Crippen molar-refractivity contribution in [3.63, 3.8) is 0 Å². The van der Waals surface area contributed by atoms with Crippen LogP contribution < -0.4 is 5.32 Å². The van der Waals surface area contributed by atoms with E-state index in [1.807, 2.05) is 0 Å². The van der Waals surface area contributed by atoms with E-state index in [9.17, 15) is 14.9 Å². The van der Waals surface area contributed by atoms with Gasteiger partial charge >= 0.3 is 5.82 Å². The summed E-state index contributed by atoms with van der Waals surface area (Å²) in [6.07, 6.45) is 0. The van der Waals surface area contributed by atoms with E-state index >= 15 is 0 Å². The van der Waals surface area contributed by atoms with Crippen LogP contribution in [0.5, 0.6) is 0 Å². The first-order valence-electron chi connectivity index (χ1n) is 3.87. The molecule has 0 atom stereocenters. The van der Waals surface area contributed by atoms with Crippen LogP contribution in [0.3, 0.4) is 0 Å². The quantitative estimate of drug-likeness (QED) is 0.454. The van der Waals surface area contributed by atoms with Gasteiger partial charge in [-0.1, -0.05) is 0 Å². The van der Waals surface area contributed by atoms with Crippen LogP contribution in [0.1, 0.15) is 10.5 Å². The number of carbonyl (C=O) groups excluding carboxylic acids is 1. The molecule has 1 rings (SSSR count). The number of amides is 1. The van der Waals surface area contributed by atoms with Gasteiger partial charge in [0.15, 0.2) is 5.69 Å². The number of rotatable bonds is 4. The fourth-order valence-corrected chi connectivity index (χ4v) is 0.887. The molecule has 0 aliphatic rings. The van der Waals surface area contributed by atoms with E-state index in [0.717, 1.165) is 0 Å². The van der Waals surface area contributed by atoms with Crippen molar-refractivity contribution < 1.29 is 14.8 Å². The second-order valence-electron chi connectivity index (χ2n) is 2.49. The molecule has 0 saturated heterocycles. The summed E-state index contributed by atoms with van der Waals surface area (Å²) in [6, 6.07) is 2.51. The smallest absolute Gasteiger partial charge is 0.321 e. The van der Waals surface area contributed by atoms with Gasteiger partial charge in [-0.3, -0.25) is 4.79 Å². The molecule has 3 N–H and O–H groups in total. The Labute approximate surface area is 78.9 Å². The summed E-state index contributed by atoms with van der Waals surface area (Å²) in [4.78, 5) is 23.1. The van der Waals surface area contributed by atoms with Gasteiger partial charge in [0.25, 0.3) is 5.91 Å². The molecule has 0 unspecified atom stereocenters. The van der Waals surface area contributed by atoms with Crippen LogP contribution in [0.25, 0.3) is 0 Å². The van der Waals surface area contributed by atoms with Gasteiger partial charge in [-0.25, -0.2) is 4.98 Å². The van der Waals surface area contributed by atoms with Crippen molar-refractivity contribution in [3.05, 3.63) is 27.9 Å². The summed E-state index contributed by atoms with van der Waals surface area (Å²) in [7, 11) is 0. The number of aliphatic hydroxyl groups excluding tert-OH is 1. The second kappa shape index (κ2) is 4.38. The van der Waals surface area contributed by atoms with Crippen molar-refractivity contribution in [2.45, 2.75) is 0 Å². The molecule has 1 amide bonds. The Hall–Kier alpha value is -1.89. The monoisotopic (exact) mass is 199 g/mol. The Bertz CT molecular complexity index is 346. The standard InChI is InChI=1S/C7H9N3O4/c11-4-3-8-7(12)5-1-2-6(9-5)10(13)14/h1-2,9,11H,3-4H2,(H,8,12). The molecule has 0 bridgehead atoms. The lowest BCUT2D eigenvalue weighted by molar-refractivity contribution is -0.389. The molecule has 0 spiro atoms. The van der Waals surface area contributed by atoms with Gasteiger partial charge in [0, 0.05) is 12.6 Å². The molecule has 0 aromatic carbocycles. The molecule has 0 radical (unpaired) electrons. The summed E-state index contributed by atoms with van der Waals surface area (Å²) in [5, 5.41) is 21.0. The molecule has 0 aliphatic carbocycles. The minimum atomic E-state index is -0.622. The summed E-state index contributed by atoms with van der Waals surface area (Å²) in [5.41, 5.74) is 0.102. The molecule has 7 nitrogen and oxygen atoms in total. The van der Waals surface area contributed by atoms with Gasteiger partial charge in [0.2, 0.25) is 0 Å². The average Bonchev–Trinajstić information content (AvgIpc) is 2.62. The molecule has 1 aromatic rings. The topological polar surface area (TPSA) is 108 Å². The predicted octanol–water partition coefficient (Wildman–Crippen LogP) is -0.355. The number of nitrogens with one attached hydrogen (secondary N) is 2. The van der Waals surface area contributed by atoms with Crippen molar-refractivity contribution in [3.8, 4) is 0 Å². The minimum absolute atomic E-state index is 0.102. The fraction of sp³-hybridized carbons (Fsp3) is 0.286. The van der Waals surface area contributed by atoms with Crippen molar-refractivity contribution >= 4 is 11.7 Å². The number of hydrogen-bond acceptors (Lipinski definition) is 4. The van der Waals surface area contributed by atoms with Crippen molar-refractivity contribution in [2.75, 3.05) is 13.2 Å². The summed E-state index contributed by atoms with van der Waals surface area (Å²) in [5.74, 6) is -0.716. The Morgan fingerprint density at radius 2 is 2.36 bits per heavy atom. The summed E-state index contributed by atoms with van der Waals surface area (Å²) < 4.78 is 0. The zero-order valence-electron chi connectivity index (χ0n) is 7.19. The number of hydrogen-bond donors (Lipinski definition) is 3. The highest BCUT2D eigenvalue weighted by Gasteiger charge is 2.14. The van der Waals surface area contributed by atoms with Crippen LogP contribution >= 0.6 is 0 Å². The van der Waals surface area contributed by atoms with E-state index in [1.165, 1.54) is 12.1 Å². The van der Waals surface area contributed by atoms with E-state index in [4.69, 9.17) is 5.11 Å². The third-order valence-electron chi connectivity index (χ3n) is 1.51. The molecule has 1 heterocycles. The third-order valence-corrected chi connectivity index (χ3v) is 1.51. The van der Waals surface area contributed by atoms with Gasteiger partial charge in [-0.2, -0.15) is 0 Å².